The van der Waals surface area contributed by atoms with Gasteiger partial charge in [-0.15, -0.1) is 0 Å². The summed E-state index contributed by atoms with van der Waals surface area (Å²) in [6, 6.07) is 9.69. The summed E-state index contributed by atoms with van der Waals surface area (Å²) in [6.07, 6.45) is 0.705. The number of anilines is 1. The molecule has 14 heavy (non-hydrogen) atoms. The molecule has 0 bridgehead atoms. The molecule has 0 saturated carbocycles. The maximum atomic E-state index is 10.1. The van der Waals surface area contributed by atoms with Crippen LogP contribution in [-0.2, 0) is 4.79 Å². The number of rotatable bonds is 5. The molecule has 1 aromatic carbocycles. The zero-order valence-electron chi connectivity index (χ0n) is 8.32. The van der Waals surface area contributed by atoms with Gasteiger partial charge in [-0.3, -0.25) is 0 Å². The second-order valence-corrected chi connectivity index (χ2v) is 2.77. The van der Waals surface area contributed by atoms with Crippen LogP contribution in [-0.4, -0.2) is 12.5 Å². The van der Waals surface area contributed by atoms with Crippen molar-refractivity contribution >= 4 is 11.7 Å². The Hall–Kier alpha value is -0.510. The Bertz CT molecular complexity index is 264. The van der Waals surface area contributed by atoms with E-state index in [1.54, 1.807) is 0 Å². The molecule has 0 aliphatic heterocycles. The molecule has 1 rings (SSSR count). The van der Waals surface area contributed by atoms with E-state index in [-0.39, 0.29) is 36.0 Å². The Morgan fingerprint density at radius 2 is 1.93 bits per heavy atom. The van der Waals surface area contributed by atoms with Crippen molar-refractivity contribution in [2.24, 2.45) is 0 Å². The van der Waals surface area contributed by atoms with E-state index < -0.39 is 5.97 Å². The van der Waals surface area contributed by atoms with E-state index in [1.807, 2.05) is 30.3 Å². The van der Waals surface area contributed by atoms with Gasteiger partial charge in [-0.05, 0) is 25.0 Å². The first-order valence-electron chi connectivity index (χ1n) is 4.28. The fraction of sp³-hybridized carbons (Fsp3) is 0.300. The molecule has 1 N–H and O–H groups in total. The number of carboxylic acid groups (broad SMARTS) is 1. The third-order valence-corrected chi connectivity index (χ3v) is 1.66. The minimum Gasteiger partial charge on any atom is -0.550 e. The molecule has 0 atom stereocenters. The number of carboxylic acids is 1. The number of hydrogen-bond donors (Lipinski definition) is 1. The molecule has 0 spiro atoms. The number of nitrogens with one attached hydrogen (secondary N) is 1. The van der Waals surface area contributed by atoms with E-state index in [9.17, 15) is 9.90 Å². The number of hydrogen-bond acceptors (Lipinski definition) is 3. The minimum atomic E-state index is -0.991. The fourth-order valence-electron chi connectivity index (χ4n) is 1.02. The Morgan fingerprint density at radius 1 is 1.29 bits per heavy atom. The van der Waals surface area contributed by atoms with E-state index in [0.29, 0.717) is 13.0 Å². The summed E-state index contributed by atoms with van der Waals surface area (Å²) in [5.41, 5.74) is 1.01. The molecule has 0 amide bonds. The summed E-state index contributed by atoms with van der Waals surface area (Å²) in [7, 11) is 0. The van der Waals surface area contributed by atoms with Gasteiger partial charge in [0.25, 0.3) is 0 Å². The average molecular weight is 201 g/mol. The van der Waals surface area contributed by atoms with Crippen molar-refractivity contribution in [3.63, 3.8) is 0 Å². The SMILES string of the molecule is O=C([O-])CCCNc1ccccc1.[Na+]. The van der Waals surface area contributed by atoms with Gasteiger partial charge in [-0.2, -0.15) is 0 Å². The number of carbonyl (C=O) groups excluding carboxylic acids is 1. The molecule has 0 fully saturated rings. The van der Waals surface area contributed by atoms with Gasteiger partial charge in [0, 0.05) is 18.2 Å². The normalized spacial score (nSPS) is 8.86. The van der Waals surface area contributed by atoms with Crippen molar-refractivity contribution in [3.05, 3.63) is 30.3 Å². The van der Waals surface area contributed by atoms with Crippen molar-refractivity contribution in [2.45, 2.75) is 12.8 Å². The first kappa shape index (κ1) is 13.5. The molecule has 0 aromatic heterocycles. The molecule has 70 valence electrons. The van der Waals surface area contributed by atoms with Gasteiger partial charge >= 0.3 is 29.6 Å². The van der Waals surface area contributed by atoms with Crippen LogP contribution in [0.15, 0.2) is 30.3 Å². The number of benzene rings is 1. The summed E-state index contributed by atoms with van der Waals surface area (Å²) in [5, 5.41) is 13.2. The Morgan fingerprint density at radius 3 is 2.50 bits per heavy atom. The summed E-state index contributed by atoms with van der Waals surface area (Å²) in [4.78, 5) is 10.1. The molecular formula is C10H12NNaO2. The Labute approximate surface area is 106 Å². The van der Waals surface area contributed by atoms with E-state index in [1.165, 1.54) is 0 Å². The van der Waals surface area contributed by atoms with Gasteiger partial charge in [0.1, 0.15) is 0 Å². The third-order valence-electron chi connectivity index (χ3n) is 1.66. The van der Waals surface area contributed by atoms with Crippen LogP contribution in [0, 0.1) is 0 Å². The number of aliphatic carboxylic acids is 1. The van der Waals surface area contributed by atoms with Crippen LogP contribution in [0.25, 0.3) is 0 Å². The molecule has 0 aliphatic carbocycles. The van der Waals surface area contributed by atoms with Gasteiger partial charge in [-0.1, -0.05) is 18.2 Å². The van der Waals surface area contributed by atoms with Crippen molar-refractivity contribution in [2.75, 3.05) is 11.9 Å². The van der Waals surface area contributed by atoms with Crippen molar-refractivity contribution in [1.29, 1.82) is 0 Å². The average Bonchev–Trinajstić information content (AvgIpc) is 2.14. The quantitative estimate of drug-likeness (QED) is 0.428. The first-order valence-corrected chi connectivity index (χ1v) is 4.28. The summed E-state index contributed by atoms with van der Waals surface area (Å²) >= 11 is 0. The Balaban J connectivity index is 0.00000169. The molecule has 0 unspecified atom stereocenters. The molecule has 4 heteroatoms. The third kappa shape index (κ3) is 6.02. The van der Waals surface area contributed by atoms with Gasteiger partial charge < -0.3 is 15.2 Å². The maximum absolute atomic E-state index is 10.1. The van der Waals surface area contributed by atoms with Gasteiger partial charge in [0.15, 0.2) is 0 Å². The zero-order valence-corrected chi connectivity index (χ0v) is 10.3. The van der Waals surface area contributed by atoms with E-state index in [4.69, 9.17) is 0 Å². The van der Waals surface area contributed by atoms with Crippen molar-refractivity contribution < 1.29 is 39.5 Å². The van der Waals surface area contributed by atoms with Crippen LogP contribution >= 0.6 is 0 Å². The molecule has 0 saturated heterocycles. The molecule has 0 aliphatic rings. The molecule has 0 heterocycles. The maximum Gasteiger partial charge on any atom is 1.00 e. The molecule has 3 nitrogen and oxygen atoms in total. The van der Waals surface area contributed by atoms with Crippen molar-refractivity contribution in [3.8, 4) is 0 Å². The smallest absolute Gasteiger partial charge is 0.550 e. The summed E-state index contributed by atoms with van der Waals surface area (Å²) < 4.78 is 0. The molecule has 0 radical (unpaired) electrons. The topological polar surface area (TPSA) is 52.2 Å². The fourth-order valence-corrected chi connectivity index (χ4v) is 1.02. The van der Waals surface area contributed by atoms with Crippen LogP contribution in [0.2, 0.25) is 0 Å². The number of carbonyl (C=O) groups is 1. The van der Waals surface area contributed by atoms with Crippen LogP contribution in [0.4, 0.5) is 5.69 Å². The predicted octanol–water partition coefficient (Wildman–Crippen LogP) is -2.37. The van der Waals surface area contributed by atoms with Gasteiger partial charge in [0.05, 0.1) is 0 Å². The predicted molar refractivity (Wildman–Crippen MR) is 49.2 cm³/mol. The minimum absolute atomic E-state index is 0. The van der Waals surface area contributed by atoms with E-state index in [2.05, 4.69) is 5.32 Å². The van der Waals surface area contributed by atoms with Crippen LogP contribution in [0.1, 0.15) is 12.8 Å². The number of para-hydroxylation sites is 1. The Kier molecular flexibility index (Phi) is 7.57. The van der Waals surface area contributed by atoms with Crippen LogP contribution in [0.5, 0.6) is 0 Å². The van der Waals surface area contributed by atoms with Crippen molar-refractivity contribution in [1.82, 2.24) is 0 Å². The van der Waals surface area contributed by atoms with E-state index in [0.717, 1.165) is 5.69 Å². The second kappa shape index (κ2) is 7.85. The second-order valence-electron chi connectivity index (χ2n) is 2.77. The monoisotopic (exact) mass is 201 g/mol. The summed E-state index contributed by atoms with van der Waals surface area (Å²) in [6.45, 7) is 0.665. The molecular weight excluding hydrogens is 189 g/mol. The van der Waals surface area contributed by atoms with Crippen LogP contribution < -0.4 is 40.0 Å². The first-order chi connectivity index (χ1) is 6.29. The largest absolute Gasteiger partial charge is 1.00 e. The van der Waals surface area contributed by atoms with E-state index >= 15 is 0 Å². The molecule has 1 aromatic rings. The summed E-state index contributed by atoms with van der Waals surface area (Å²) in [5.74, 6) is -0.991. The zero-order chi connectivity index (χ0) is 9.52. The van der Waals surface area contributed by atoms with Crippen LogP contribution in [0.3, 0.4) is 0 Å². The standard InChI is InChI=1S/C10H13NO2.Na/c12-10(13)7-4-8-11-9-5-2-1-3-6-9;/h1-3,5-6,11H,4,7-8H2,(H,12,13);/q;+1/p-1. The van der Waals surface area contributed by atoms with Gasteiger partial charge in [-0.25, -0.2) is 0 Å². The van der Waals surface area contributed by atoms with Gasteiger partial charge in [0.2, 0.25) is 0 Å².